The van der Waals surface area contributed by atoms with E-state index in [9.17, 15) is 4.79 Å². The van der Waals surface area contributed by atoms with Crippen molar-refractivity contribution in [2.75, 3.05) is 6.26 Å². The first-order chi connectivity index (χ1) is 9.72. The molecule has 0 aliphatic carbocycles. The summed E-state index contributed by atoms with van der Waals surface area (Å²) in [4.78, 5) is 13.2. The molecule has 0 aliphatic heterocycles. The average molecular weight is 279 g/mol. The minimum absolute atomic E-state index is 0.101. The van der Waals surface area contributed by atoms with Crippen LogP contribution in [0, 0.1) is 11.3 Å². The lowest BCUT2D eigenvalue weighted by Gasteiger charge is -1.98. The molecule has 0 saturated heterocycles. The summed E-state index contributed by atoms with van der Waals surface area (Å²) in [5, 5.41) is 8.82. The first kappa shape index (κ1) is 14.1. The van der Waals surface area contributed by atoms with Gasteiger partial charge in [0.05, 0.1) is 11.6 Å². The second kappa shape index (κ2) is 6.74. The van der Waals surface area contributed by atoms with Crippen LogP contribution in [0.4, 0.5) is 0 Å². The molecule has 0 radical (unpaired) electrons. The molecule has 20 heavy (non-hydrogen) atoms. The van der Waals surface area contributed by atoms with Crippen molar-refractivity contribution in [1.29, 1.82) is 5.26 Å². The Labute approximate surface area is 122 Å². The van der Waals surface area contributed by atoms with Crippen molar-refractivity contribution in [3.63, 3.8) is 0 Å². The number of carbonyl (C=O) groups is 1. The highest BCUT2D eigenvalue weighted by molar-refractivity contribution is 7.98. The van der Waals surface area contributed by atoms with E-state index >= 15 is 0 Å². The molecule has 98 valence electrons. The topological polar surface area (TPSA) is 40.9 Å². The zero-order valence-corrected chi connectivity index (χ0v) is 11.9. The highest BCUT2D eigenvalue weighted by atomic mass is 32.2. The van der Waals surface area contributed by atoms with Crippen LogP contribution in [0.2, 0.25) is 0 Å². The molecule has 0 heterocycles. The first-order valence-corrected chi connectivity index (χ1v) is 7.32. The zero-order chi connectivity index (χ0) is 14.4. The lowest BCUT2D eigenvalue weighted by molar-refractivity contribution is 0.104. The molecule has 0 spiro atoms. The van der Waals surface area contributed by atoms with Crippen molar-refractivity contribution in [2.45, 2.75) is 4.90 Å². The van der Waals surface area contributed by atoms with E-state index in [1.165, 1.54) is 11.0 Å². The normalized spacial score (nSPS) is 10.4. The molecular weight excluding hydrogens is 266 g/mol. The summed E-state index contributed by atoms with van der Waals surface area (Å²) in [7, 11) is 0. The third-order valence-corrected chi connectivity index (χ3v) is 3.56. The zero-order valence-electron chi connectivity index (χ0n) is 11.0. The van der Waals surface area contributed by atoms with Gasteiger partial charge in [-0.15, -0.1) is 11.8 Å². The molecule has 0 bridgehead atoms. The number of allylic oxidation sites excluding steroid dienone is 1. The number of nitrogens with zero attached hydrogens (tertiary/aromatic N) is 1. The van der Waals surface area contributed by atoms with Gasteiger partial charge in [-0.25, -0.2) is 0 Å². The van der Waals surface area contributed by atoms with Gasteiger partial charge >= 0.3 is 0 Å². The Morgan fingerprint density at radius 3 is 2.60 bits per heavy atom. The molecule has 0 N–H and O–H groups in total. The highest BCUT2D eigenvalue weighted by Gasteiger charge is 2.02. The maximum absolute atomic E-state index is 12.0. The van der Waals surface area contributed by atoms with Crippen LogP contribution >= 0.6 is 11.8 Å². The van der Waals surface area contributed by atoms with Crippen molar-refractivity contribution >= 4 is 23.6 Å². The number of rotatable bonds is 4. The molecule has 0 aromatic heterocycles. The number of benzene rings is 2. The average Bonchev–Trinajstić information content (AvgIpc) is 2.53. The Hall–Kier alpha value is -2.31. The molecule has 0 atom stereocenters. The fourth-order valence-corrected chi connectivity index (χ4v) is 2.13. The van der Waals surface area contributed by atoms with Crippen LogP contribution in [-0.2, 0) is 0 Å². The van der Waals surface area contributed by atoms with Crippen molar-refractivity contribution < 1.29 is 4.79 Å². The van der Waals surface area contributed by atoms with Crippen LogP contribution in [0.5, 0.6) is 0 Å². The number of thioether (sulfide) groups is 1. The van der Waals surface area contributed by atoms with Crippen LogP contribution in [0.1, 0.15) is 21.5 Å². The fourth-order valence-electron chi connectivity index (χ4n) is 1.73. The predicted molar refractivity (Wildman–Crippen MR) is 82.7 cm³/mol. The van der Waals surface area contributed by atoms with E-state index < -0.39 is 0 Å². The maximum Gasteiger partial charge on any atom is 0.185 e. The molecule has 0 unspecified atom stereocenters. The molecule has 0 saturated carbocycles. The molecular formula is C17H13NOS. The van der Waals surface area contributed by atoms with Crippen molar-refractivity contribution in [2.24, 2.45) is 0 Å². The quantitative estimate of drug-likeness (QED) is 0.479. The van der Waals surface area contributed by atoms with Gasteiger partial charge in [-0.05, 0) is 42.2 Å². The minimum Gasteiger partial charge on any atom is -0.289 e. The molecule has 0 aliphatic rings. The summed E-state index contributed by atoms with van der Waals surface area (Å²) in [5.74, 6) is -0.101. The van der Waals surface area contributed by atoms with Crippen molar-refractivity contribution in [3.05, 3.63) is 71.3 Å². The number of hydrogen-bond donors (Lipinski definition) is 0. The maximum atomic E-state index is 12.0. The largest absolute Gasteiger partial charge is 0.289 e. The van der Waals surface area contributed by atoms with Gasteiger partial charge in [0.15, 0.2) is 5.78 Å². The van der Waals surface area contributed by atoms with E-state index in [2.05, 4.69) is 0 Å². The Balaban J connectivity index is 2.13. The van der Waals surface area contributed by atoms with Gasteiger partial charge in [0.2, 0.25) is 0 Å². The minimum atomic E-state index is -0.101. The SMILES string of the molecule is CSc1ccc(/C=C/C(=O)c2cccc(C#N)c2)cc1. The molecule has 2 rings (SSSR count). The van der Waals surface area contributed by atoms with Gasteiger partial charge in [-0.2, -0.15) is 5.26 Å². The second-order valence-electron chi connectivity index (χ2n) is 4.16. The Kier molecular flexibility index (Phi) is 4.75. The summed E-state index contributed by atoms with van der Waals surface area (Å²) >= 11 is 1.68. The van der Waals surface area contributed by atoms with Crippen LogP contribution in [0.25, 0.3) is 6.08 Å². The third-order valence-electron chi connectivity index (χ3n) is 2.82. The Morgan fingerprint density at radius 1 is 1.20 bits per heavy atom. The van der Waals surface area contributed by atoms with E-state index in [1.807, 2.05) is 36.6 Å². The summed E-state index contributed by atoms with van der Waals surface area (Å²) in [5.41, 5.74) is 2.00. The second-order valence-corrected chi connectivity index (χ2v) is 5.04. The number of ketones is 1. The molecule has 2 aromatic rings. The summed E-state index contributed by atoms with van der Waals surface area (Å²) in [6.07, 6.45) is 5.34. The predicted octanol–water partition coefficient (Wildman–Crippen LogP) is 4.18. The van der Waals surface area contributed by atoms with Gasteiger partial charge in [0.1, 0.15) is 0 Å². The third kappa shape index (κ3) is 3.59. The lowest BCUT2D eigenvalue weighted by Crippen LogP contribution is -1.94. The van der Waals surface area contributed by atoms with E-state index in [-0.39, 0.29) is 5.78 Å². The molecule has 3 heteroatoms. The number of hydrogen-bond acceptors (Lipinski definition) is 3. The molecule has 0 fully saturated rings. The standard InChI is InChI=1S/C17H13NOS/c1-20-16-8-5-13(6-9-16)7-10-17(19)15-4-2-3-14(11-15)12-18/h2-11H,1H3/b10-7+. The Bertz CT molecular complexity index is 681. The Morgan fingerprint density at radius 2 is 1.95 bits per heavy atom. The van der Waals surface area contributed by atoms with E-state index in [0.29, 0.717) is 11.1 Å². The van der Waals surface area contributed by atoms with Gasteiger partial charge < -0.3 is 0 Å². The summed E-state index contributed by atoms with van der Waals surface area (Å²) in [6, 6.07) is 16.7. The van der Waals surface area contributed by atoms with E-state index in [4.69, 9.17) is 5.26 Å². The highest BCUT2D eigenvalue weighted by Crippen LogP contribution is 2.15. The molecule has 2 aromatic carbocycles. The van der Waals surface area contributed by atoms with Gasteiger partial charge in [0, 0.05) is 10.5 Å². The summed E-state index contributed by atoms with van der Waals surface area (Å²) in [6.45, 7) is 0. The first-order valence-electron chi connectivity index (χ1n) is 6.09. The van der Waals surface area contributed by atoms with Gasteiger partial charge in [0.25, 0.3) is 0 Å². The van der Waals surface area contributed by atoms with Gasteiger partial charge in [-0.1, -0.05) is 30.3 Å². The van der Waals surface area contributed by atoms with Crippen molar-refractivity contribution in [3.8, 4) is 6.07 Å². The van der Waals surface area contributed by atoms with Crippen LogP contribution < -0.4 is 0 Å². The smallest absolute Gasteiger partial charge is 0.185 e. The van der Waals surface area contributed by atoms with Crippen molar-refractivity contribution in [1.82, 2.24) is 0 Å². The molecule has 0 amide bonds. The van der Waals surface area contributed by atoms with Crippen LogP contribution in [0.15, 0.2) is 59.5 Å². The van der Waals surface area contributed by atoms with E-state index in [0.717, 1.165) is 5.56 Å². The lowest BCUT2D eigenvalue weighted by atomic mass is 10.1. The van der Waals surface area contributed by atoms with E-state index in [1.54, 1.807) is 42.1 Å². The molecule has 2 nitrogen and oxygen atoms in total. The number of carbonyl (C=O) groups excluding carboxylic acids is 1. The fraction of sp³-hybridized carbons (Fsp3) is 0.0588. The monoisotopic (exact) mass is 279 g/mol. The van der Waals surface area contributed by atoms with Crippen LogP contribution in [-0.4, -0.2) is 12.0 Å². The summed E-state index contributed by atoms with van der Waals surface area (Å²) < 4.78 is 0. The number of nitriles is 1. The van der Waals surface area contributed by atoms with Gasteiger partial charge in [-0.3, -0.25) is 4.79 Å². The van der Waals surface area contributed by atoms with Crippen LogP contribution in [0.3, 0.4) is 0 Å².